The van der Waals surface area contributed by atoms with Crippen LogP contribution < -0.4 is 10.2 Å². The Morgan fingerprint density at radius 1 is 1.17 bits per heavy atom. The molecule has 2 unspecified atom stereocenters. The molecule has 0 saturated carbocycles. The Labute approximate surface area is 111 Å². The van der Waals surface area contributed by atoms with Crippen molar-refractivity contribution < 1.29 is 4.74 Å². The van der Waals surface area contributed by atoms with E-state index in [1.54, 1.807) is 0 Å². The molecule has 0 fully saturated rings. The molecule has 0 bridgehead atoms. The maximum atomic E-state index is 5.41. The molecule has 0 aliphatic rings. The fourth-order valence-electron chi connectivity index (χ4n) is 1.93. The maximum absolute atomic E-state index is 5.41. The van der Waals surface area contributed by atoms with E-state index >= 15 is 0 Å². The highest BCUT2D eigenvalue weighted by atomic mass is 16.5. The van der Waals surface area contributed by atoms with Crippen LogP contribution in [0, 0.1) is 0 Å². The molecule has 0 spiro atoms. The molecule has 0 aromatic heterocycles. The molecule has 2 atom stereocenters. The van der Waals surface area contributed by atoms with E-state index in [1.165, 1.54) is 11.3 Å². The number of nitrogens with zero attached hydrogens (tertiary/aromatic N) is 1. The molecule has 0 saturated heterocycles. The van der Waals surface area contributed by atoms with Crippen molar-refractivity contribution in [3.05, 3.63) is 29.8 Å². The topological polar surface area (TPSA) is 24.5 Å². The summed E-state index contributed by atoms with van der Waals surface area (Å²) in [5.41, 5.74) is 2.54. The van der Waals surface area contributed by atoms with Crippen LogP contribution in [0.25, 0.3) is 0 Å². The van der Waals surface area contributed by atoms with Crippen LogP contribution in [-0.4, -0.2) is 33.4 Å². The van der Waals surface area contributed by atoms with Gasteiger partial charge in [-0.05, 0) is 38.5 Å². The highest BCUT2D eigenvalue weighted by Gasteiger charge is 2.09. The standard InChI is InChI=1S/C15H26N2O/c1-6-18-11-12(2)16-13(3)14-7-9-15(10-8-14)17(4)5/h7-10,12-13,16H,6,11H2,1-5H3. The number of hydrogen-bond acceptors (Lipinski definition) is 3. The number of nitrogens with one attached hydrogen (secondary N) is 1. The normalized spacial score (nSPS) is 14.3. The molecule has 0 radical (unpaired) electrons. The van der Waals surface area contributed by atoms with Crippen molar-refractivity contribution >= 4 is 5.69 Å². The summed E-state index contributed by atoms with van der Waals surface area (Å²) in [6.45, 7) is 7.90. The quantitative estimate of drug-likeness (QED) is 0.805. The predicted octanol–water partition coefficient (Wildman–Crippen LogP) is 2.83. The van der Waals surface area contributed by atoms with Gasteiger partial charge in [0.2, 0.25) is 0 Å². The summed E-state index contributed by atoms with van der Waals surface area (Å²) in [4.78, 5) is 2.11. The third-order valence-corrected chi connectivity index (χ3v) is 3.02. The summed E-state index contributed by atoms with van der Waals surface area (Å²) < 4.78 is 5.41. The summed E-state index contributed by atoms with van der Waals surface area (Å²) in [6, 6.07) is 9.38. The minimum atomic E-state index is 0.344. The van der Waals surface area contributed by atoms with E-state index < -0.39 is 0 Å². The molecule has 3 heteroatoms. The van der Waals surface area contributed by atoms with Crippen LogP contribution in [0.4, 0.5) is 5.69 Å². The lowest BCUT2D eigenvalue weighted by Crippen LogP contribution is -2.32. The fraction of sp³-hybridized carbons (Fsp3) is 0.600. The lowest BCUT2D eigenvalue weighted by Gasteiger charge is -2.21. The molecule has 1 aromatic carbocycles. The molecule has 0 heterocycles. The first-order valence-electron chi connectivity index (χ1n) is 6.65. The van der Waals surface area contributed by atoms with Crippen LogP contribution in [0.15, 0.2) is 24.3 Å². The van der Waals surface area contributed by atoms with Crippen LogP contribution in [0.5, 0.6) is 0 Å². The van der Waals surface area contributed by atoms with E-state index in [0.29, 0.717) is 12.1 Å². The maximum Gasteiger partial charge on any atom is 0.0616 e. The van der Waals surface area contributed by atoms with Crippen LogP contribution in [0.1, 0.15) is 32.4 Å². The monoisotopic (exact) mass is 250 g/mol. The van der Waals surface area contributed by atoms with E-state index in [-0.39, 0.29) is 0 Å². The van der Waals surface area contributed by atoms with Crippen LogP contribution in [-0.2, 0) is 4.74 Å². The summed E-state index contributed by atoms with van der Waals surface area (Å²) in [5.74, 6) is 0. The molecule has 0 aliphatic carbocycles. The Bertz CT molecular complexity index is 335. The lowest BCUT2D eigenvalue weighted by molar-refractivity contribution is 0.124. The Morgan fingerprint density at radius 3 is 2.28 bits per heavy atom. The van der Waals surface area contributed by atoms with Crippen molar-refractivity contribution in [1.82, 2.24) is 5.32 Å². The second-order valence-corrected chi connectivity index (χ2v) is 4.93. The molecule has 1 N–H and O–H groups in total. The van der Waals surface area contributed by atoms with E-state index in [9.17, 15) is 0 Å². The third-order valence-electron chi connectivity index (χ3n) is 3.02. The van der Waals surface area contributed by atoms with Crippen molar-refractivity contribution in [2.24, 2.45) is 0 Å². The zero-order valence-electron chi connectivity index (χ0n) is 12.2. The predicted molar refractivity (Wildman–Crippen MR) is 78.3 cm³/mol. The Balaban J connectivity index is 2.53. The van der Waals surface area contributed by atoms with Gasteiger partial charge in [-0.2, -0.15) is 0 Å². The lowest BCUT2D eigenvalue weighted by atomic mass is 10.1. The van der Waals surface area contributed by atoms with Gasteiger partial charge in [0.1, 0.15) is 0 Å². The minimum Gasteiger partial charge on any atom is -0.380 e. The first-order chi connectivity index (χ1) is 8.54. The fourth-order valence-corrected chi connectivity index (χ4v) is 1.93. The average Bonchev–Trinajstić information content (AvgIpc) is 2.36. The van der Waals surface area contributed by atoms with Crippen molar-refractivity contribution in [1.29, 1.82) is 0 Å². The highest BCUT2D eigenvalue weighted by molar-refractivity contribution is 5.46. The first-order valence-corrected chi connectivity index (χ1v) is 6.65. The third kappa shape index (κ3) is 4.67. The Kier molecular flexibility index (Phi) is 6.16. The van der Waals surface area contributed by atoms with Gasteiger partial charge < -0.3 is 15.0 Å². The number of hydrogen-bond donors (Lipinski definition) is 1. The van der Waals surface area contributed by atoms with E-state index in [0.717, 1.165) is 13.2 Å². The zero-order chi connectivity index (χ0) is 13.5. The zero-order valence-corrected chi connectivity index (χ0v) is 12.2. The highest BCUT2D eigenvalue weighted by Crippen LogP contribution is 2.17. The van der Waals surface area contributed by atoms with Crippen LogP contribution >= 0.6 is 0 Å². The van der Waals surface area contributed by atoms with E-state index in [4.69, 9.17) is 4.74 Å². The number of rotatable bonds is 7. The average molecular weight is 250 g/mol. The van der Waals surface area contributed by atoms with Gasteiger partial charge in [0, 0.05) is 38.5 Å². The molecule has 1 aromatic rings. The summed E-state index contributed by atoms with van der Waals surface area (Å²) >= 11 is 0. The molecule has 0 aliphatic heterocycles. The summed E-state index contributed by atoms with van der Waals surface area (Å²) in [7, 11) is 4.11. The van der Waals surface area contributed by atoms with Gasteiger partial charge in [0.15, 0.2) is 0 Å². The summed E-state index contributed by atoms with van der Waals surface area (Å²) in [6.07, 6.45) is 0. The number of ether oxygens (including phenoxy) is 1. The van der Waals surface area contributed by atoms with Crippen molar-refractivity contribution in [2.75, 3.05) is 32.2 Å². The van der Waals surface area contributed by atoms with Crippen LogP contribution in [0.2, 0.25) is 0 Å². The smallest absolute Gasteiger partial charge is 0.0616 e. The van der Waals surface area contributed by atoms with Crippen molar-refractivity contribution in [3.63, 3.8) is 0 Å². The molecular formula is C15H26N2O. The molecule has 18 heavy (non-hydrogen) atoms. The first kappa shape index (κ1) is 15.0. The largest absolute Gasteiger partial charge is 0.380 e. The van der Waals surface area contributed by atoms with Crippen molar-refractivity contribution in [2.45, 2.75) is 32.9 Å². The van der Waals surface area contributed by atoms with Gasteiger partial charge in [0.25, 0.3) is 0 Å². The Morgan fingerprint density at radius 2 is 1.78 bits per heavy atom. The number of anilines is 1. The number of benzene rings is 1. The Hall–Kier alpha value is -1.06. The van der Waals surface area contributed by atoms with Gasteiger partial charge >= 0.3 is 0 Å². The van der Waals surface area contributed by atoms with Gasteiger partial charge in [-0.15, -0.1) is 0 Å². The van der Waals surface area contributed by atoms with Gasteiger partial charge in [0.05, 0.1) is 6.61 Å². The van der Waals surface area contributed by atoms with Gasteiger partial charge in [-0.1, -0.05) is 12.1 Å². The van der Waals surface area contributed by atoms with E-state index in [1.807, 2.05) is 6.92 Å². The molecule has 102 valence electrons. The van der Waals surface area contributed by atoms with Gasteiger partial charge in [-0.3, -0.25) is 0 Å². The molecular weight excluding hydrogens is 224 g/mol. The molecule has 0 amide bonds. The summed E-state index contributed by atoms with van der Waals surface area (Å²) in [5, 5.41) is 3.54. The molecule has 3 nitrogen and oxygen atoms in total. The van der Waals surface area contributed by atoms with Crippen molar-refractivity contribution in [3.8, 4) is 0 Å². The second kappa shape index (κ2) is 7.39. The van der Waals surface area contributed by atoms with Crippen LogP contribution in [0.3, 0.4) is 0 Å². The second-order valence-electron chi connectivity index (χ2n) is 4.93. The van der Waals surface area contributed by atoms with E-state index in [2.05, 4.69) is 62.4 Å². The molecule has 1 rings (SSSR count). The SMILES string of the molecule is CCOCC(C)NC(C)c1ccc(N(C)C)cc1. The minimum absolute atomic E-state index is 0.344. The van der Waals surface area contributed by atoms with Gasteiger partial charge in [-0.25, -0.2) is 0 Å².